The van der Waals surface area contributed by atoms with E-state index >= 15 is 0 Å². The monoisotopic (exact) mass is 340 g/mol. The van der Waals surface area contributed by atoms with Crippen molar-refractivity contribution in [2.45, 2.75) is 51.5 Å². The van der Waals surface area contributed by atoms with Crippen LogP contribution in [0.1, 0.15) is 45.4 Å². The third-order valence-corrected chi connectivity index (χ3v) is 4.74. The number of likely N-dealkylation sites (tertiary alicyclic amines) is 2. The first kappa shape index (κ1) is 18.8. The zero-order valence-electron chi connectivity index (χ0n) is 14.9. The van der Waals surface area contributed by atoms with E-state index in [0.717, 1.165) is 38.8 Å². The summed E-state index contributed by atoms with van der Waals surface area (Å²) >= 11 is 0. The van der Waals surface area contributed by atoms with Gasteiger partial charge in [0, 0.05) is 25.7 Å². The van der Waals surface area contributed by atoms with Crippen molar-refractivity contribution in [3.63, 3.8) is 0 Å². The van der Waals surface area contributed by atoms with Crippen LogP contribution in [0.5, 0.6) is 0 Å². The van der Waals surface area contributed by atoms with Crippen molar-refractivity contribution in [2.24, 2.45) is 0 Å². The number of hydrogen-bond donors (Lipinski definition) is 2. The van der Waals surface area contributed by atoms with Gasteiger partial charge in [-0.25, -0.2) is 9.59 Å². The van der Waals surface area contributed by atoms with Crippen molar-refractivity contribution in [1.82, 2.24) is 20.4 Å². The average Bonchev–Trinajstić information content (AvgIpc) is 3.09. The Morgan fingerprint density at radius 1 is 1.08 bits per heavy atom. The van der Waals surface area contributed by atoms with Crippen LogP contribution in [0.2, 0.25) is 0 Å². The summed E-state index contributed by atoms with van der Waals surface area (Å²) < 4.78 is 4.99. The van der Waals surface area contributed by atoms with Crippen molar-refractivity contribution in [2.75, 3.05) is 45.9 Å². The Morgan fingerprint density at radius 2 is 1.79 bits per heavy atom. The first-order valence-corrected chi connectivity index (χ1v) is 9.37. The molecular weight excluding hydrogens is 308 g/mol. The first-order valence-electron chi connectivity index (χ1n) is 9.37. The summed E-state index contributed by atoms with van der Waals surface area (Å²) in [4.78, 5) is 27.7. The lowest BCUT2D eigenvalue weighted by Crippen LogP contribution is -2.49. The van der Waals surface area contributed by atoms with Gasteiger partial charge in [0.2, 0.25) is 0 Å². The smallest absolute Gasteiger partial charge is 0.409 e. The highest BCUT2D eigenvalue weighted by Gasteiger charge is 2.24. The summed E-state index contributed by atoms with van der Waals surface area (Å²) in [6.45, 7) is 7.83. The standard InChI is InChI=1S/C17H32N4O3/c1-2-24-17(23)21-13-7-15(8-14-21)19-16(22)18-9-3-4-10-20-11-5-6-12-20/h15H,2-14H2,1H3,(H2,18,19,22). The molecule has 2 aliphatic heterocycles. The maximum absolute atomic E-state index is 11.9. The number of rotatable bonds is 7. The zero-order valence-corrected chi connectivity index (χ0v) is 14.9. The van der Waals surface area contributed by atoms with Crippen LogP contribution in [-0.4, -0.2) is 73.8 Å². The summed E-state index contributed by atoms with van der Waals surface area (Å²) in [5.41, 5.74) is 0. The van der Waals surface area contributed by atoms with Crippen LogP contribution in [0.3, 0.4) is 0 Å². The van der Waals surface area contributed by atoms with Crippen LogP contribution in [0, 0.1) is 0 Å². The van der Waals surface area contributed by atoms with Crippen LogP contribution < -0.4 is 10.6 Å². The fourth-order valence-electron chi connectivity index (χ4n) is 3.33. The number of amides is 3. The van der Waals surface area contributed by atoms with E-state index in [-0.39, 0.29) is 18.2 Å². The van der Waals surface area contributed by atoms with Gasteiger partial charge in [-0.3, -0.25) is 0 Å². The molecule has 2 N–H and O–H groups in total. The van der Waals surface area contributed by atoms with Crippen LogP contribution >= 0.6 is 0 Å². The molecule has 0 aromatic heterocycles. The minimum atomic E-state index is -0.251. The van der Waals surface area contributed by atoms with E-state index in [1.165, 1.54) is 25.9 Å². The Kier molecular flexibility index (Phi) is 8.15. The normalized spacial score (nSPS) is 19.3. The molecule has 2 heterocycles. The minimum absolute atomic E-state index is 0.0919. The number of hydrogen-bond acceptors (Lipinski definition) is 4. The number of ether oxygens (including phenoxy) is 1. The molecule has 0 aromatic carbocycles. The molecule has 0 saturated carbocycles. The summed E-state index contributed by atoms with van der Waals surface area (Å²) in [5, 5.41) is 5.94. The molecule has 7 nitrogen and oxygen atoms in total. The van der Waals surface area contributed by atoms with Crippen molar-refractivity contribution in [3.8, 4) is 0 Å². The van der Waals surface area contributed by atoms with E-state index in [9.17, 15) is 9.59 Å². The van der Waals surface area contributed by atoms with Gasteiger partial charge in [0.25, 0.3) is 0 Å². The van der Waals surface area contributed by atoms with Gasteiger partial charge in [0.1, 0.15) is 0 Å². The Labute approximate surface area is 145 Å². The fourth-order valence-corrected chi connectivity index (χ4v) is 3.33. The van der Waals surface area contributed by atoms with Gasteiger partial charge in [0.15, 0.2) is 0 Å². The van der Waals surface area contributed by atoms with E-state index in [0.29, 0.717) is 19.7 Å². The van der Waals surface area contributed by atoms with Gasteiger partial charge >= 0.3 is 12.1 Å². The van der Waals surface area contributed by atoms with E-state index in [2.05, 4.69) is 15.5 Å². The van der Waals surface area contributed by atoms with Crippen molar-refractivity contribution >= 4 is 12.1 Å². The topological polar surface area (TPSA) is 73.9 Å². The molecule has 2 fully saturated rings. The Bertz CT molecular complexity index is 391. The minimum Gasteiger partial charge on any atom is -0.450 e. The molecule has 2 aliphatic rings. The maximum Gasteiger partial charge on any atom is 0.409 e. The van der Waals surface area contributed by atoms with Crippen LogP contribution in [0.4, 0.5) is 9.59 Å². The van der Waals surface area contributed by atoms with Gasteiger partial charge in [-0.05, 0) is 65.1 Å². The van der Waals surface area contributed by atoms with Crippen LogP contribution in [-0.2, 0) is 4.74 Å². The molecule has 7 heteroatoms. The number of nitrogens with zero attached hydrogens (tertiary/aromatic N) is 2. The Balaban J connectivity index is 1.49. The predicted octanol–water partition coefficient (Wildman–Crippen LogP) is 1.78. The van der Waals surface area contributed by atoms with Crippen molar-refractivity contribution in [1.29, 1.82) is 0 Å². The highest BCUT2D eigenvalue weighted by atomic mass is 16.6. The maximum atomic E-state index is 11.9. The highest BCUT2D eigenvalue weighted by Crippen LogP contribution is 2.11. The molecule has 2 rings (SSSR count). The lowest BCUT2D eigenvalue weighted by Gasteiger charge is -2.31. The summed E-state index contributed by atoms with van der Waals surface area (Å²) in [5.74, 6) is 0. The van der Waals surface area contributed by atoms with E-state index in [4.69, 9.17) is 4.74 Å². The lowest BCUT2D eigenvalue weighted by molar-refractivity contribution is 0.0957. The van der Waals surface area contributed by atoms with Crippen molar-refractivity contribution in [3.05, 3.63) is 0 Å². The Hall–Kier alpha value is -1.50. The zero-order chi connectivity index (χ0) is 17.2. The number of unbranched alkanes of at least 4 members (excludes halogenated alkanes) is 1. The van der Waals surface area contributed by atoms with Gasteiger partial charge in [-0.1, -0.05) is 0 Å². The molecule has 0 aliphatic carbocycles. The molecule has 0 spiro atoms. The molecule has 24 heavy (non-hydrogen) atoms. The molecule has 0 radical (unpaired) electrons. The second kappa shape index (κ2) is 10.4. The molecule has 0 bridgehead atoms. The second-order valence-corrected chi connectivity index (χ2v) is 6.62. The Morgan fingerprint density at radius 3 is 2.46 bits per heavy atom. The number of carbonyl (C=O) groups excluding carboxylic acids is 2. The summed E-state index contributed by atoms with van der Waals surface area (Å²) in [7, 11) is 0. The SMILES string of the molecule is CCOC(=O)N1CCC(NC(=O)NCCCCN2CCCC2)CC1. The van der Waals surface area contributed by atoms with Crippen LogP contribution in [0.25, 0.3) is 0 Å². The number of nitrogens with one attached hydrogen (secondary N) is 2. The molecule has 0 unspecified atom stereocenters. The van der Waals surface area contributed by atoms with E-state index in [1.54, 1.807) is 4.90 Å². The number of carbonyl (C=O) groups is 2. The first-order chi connectivity index (χ1) is 11.7. The summed E-state index contributed by atoms with van der Waals surface area (Å²) in [6, 6.07) is 0.0473. The average molecular weight is 340 g/mol. The number of urea groups is 1. The largest absolute Gasteiger partial charge is 0.450 e. The van der Waals surface area contributed by atoms with Gasteiger partial charge in [-0.15, -0.1) is 0 Å². The molecular formula is C17H32N4O3. The van der Waals surface area contributed by atoms with Gasteiger partial charge in [0.05, 0.1) is 6.61 Å². The van der Waals surface area contributed by atoms with Crippen LogP contribution in [0.15, 0.2) is 0 Å². The lowest BCUT2D eigenvalue weighted by atomic mass is 10.1. The predicted molar refractivity (Wildman–Crippen MR) is 93.1 cm³/mol. The quantitative estimate of drug-likeness (QED) is 0.693. The fraction of sp³-hybridized carbons (Fsp3) is 0.882. The van der Waals surface area contributed by atoms with E-state index < -0.39 is 0 Å². The summed E-state index contributed by atoms with van der Waals surface area (Å²) in [6.07, 6.45) is 6.12. The van der Waals surface area contributed by atoms with Gasteiger partial charge < -0.3 is 25.2 Å². The van der Waals surface area contributed by atoms with Crippen molar-refractivity contribution < 1.29 is 14.3 Å². The number of piperidine rings is 1. The molecule has 3 amide bonds. The third-order valence-electron chi connectivity index (χ3n) is 4.74. The molecule has 0 aromatic rings. The third kappa shape index (κ3) is 6.55. The van der Waals surface area contributed by atoms with E-state index in [1.807, 2.05) is 6.92 Å². The molecule has 2 saturated heterocycles. The molecule has 0 atom stereocenters. The highest BCUT2D eigenvalue weighted by molar-refractivity contribution is 5.74. The van der Waals surface area contributed by atoms with Gasteiger partial charge in [-0.2, -0.15) is 0 Å². The molecule has 138 valence electrons. The second-order valence-electron chi connectivity index (χ2n) is 6.62.